The number of halogens is 1. The molecule has 1 unspecified atom stereocenters. The molecule has 0 N–H and O–H groups in total. The fourth-order valence-electron chi connectivity index (χ4n) is 1.86. The molecule has 1 aliphatic rings. The lowest BCUT2D eigenvalue weighted by molar-refractivity contribution is 0.124. The Kier molecular flexibility index (Phi) is 3.25. The number of hydrogen-bond donors (Lipinski definition) is 0. The van der Waals surface area contributed by atoms with E-state index in [0.717, 1.165) is 19.0 Å². The van der Waals surface area contributed by atoms with Gasteiger partial charge in [0.2, 0.25) is 0 Å². The number of nitrogens with zero attached hydrogens (tertiary/aromatic N) is 2. The van der Waals surface area contributed by atoms with E-state index < -0.39 is 11.4 Å². The minimum atomic E-state index is -0.485. The molecule has 0 saturated heterocycles. The molecule has 0 radical (unpaired) electrons. The highest BCUT2D eigenvalue weighted by atomic mass is 19.1. The Balaban J connectivity index is 2.28. The van der Waals surface area contributed by atoms with Crippen LogP contribution in [0.2, 0.25) is 0 Å². The second-order valence-corrected chi connectivity index (χ2v) is 5.70. The lowest BCUT2D eigenvalue weighted by Gasteiger charge is -2.22. The van der Waals surface area contributed by atoms with Crippen LogP contribution in [0.15, 0.2) is 12.3 Å². The minimum Gasteiger partial charge on any atom is -0.485 e. The Morgan fingerprint density at radius 3 is 2.67 bits per heavy atom. The number of aromatic nitrogens is 1. The summed E-state index contributed by atoms with van der Waals surface area (Å²) in [6, 6.07) is 3.81. The van der Waals surface area contributed by atoms with Gasteiger partial charge in [0, 0.05) is 6.07 Å². The summed E-state index contributed by atoms with van der Waals surface area (Å²) in [7, 11) is 0. The Labute approximate surface area is 107 Å². The molecule has 0 spiro atoms. The van der Waals surface area contributed by atoms with Gasteiger partial charge in [-0.3, -0.25) is 4.98 Å². The smallest absolute Gasteiger partial charge is 0.183 e. The van der Waals surface area contributed by atoms with Crippen LogP contribution in [0.5, 0.6) is 5.75 Å². The summed E-state index contributed by atoms with van der Waals surface area (Å²) in [5.41, 5.74) is 0.141. The molecular weight excluding hydrogens is 231 g/mol. The summed E-state index contributed by atoms with van der Waals surface area (Å²) in [5.74, 6) is -0.182. The molecular formula is C14H17FN2O. The van der Waals surface area contributed by atoms with E-state index in [1.807, 2.05) is 20.8 Å². The van der Waals surface area contributed by atoms with E-state index in [-0.39, 0.29) is 11.7 Å². The zero-order chi connectivity index (χ0) is 13.3. The number of ether oxygens (including phenoxy) is 1. The van der Waals surface area contributed by atoms with Crippen molar-refractivity contribution in [3.8, 4) is 11.8 Å². The Hall–Kier alpha value is -1.63. The molecule has 2 rings (SSSR count). The van der Waals surface area contributed by atoms with E-state index in [1.54, 1.807) is 6.07 Å². The molecule has 0 aliphatic heterocycles. The third kappa shape index (κ3) is 2.98. The summed E-state index contributed by atoms with van der Waals surface area (Å²) >= 11 is 0. The zero-order valence-corrected chi connectivity index (χ0v) is 10.9. The van der Waals surface area contributed by atoms with Crippen LogP contribution >= 0.6 is 0 Å². The molecule has 1 atom stereocenters. The van der Waals surface area contributed by atoms with E-state index in [1.165, 1.54) is 0 Å². The van der Waals surface area contributed by atoms with Crippen LogP contribution in [0.25, 0.3) is 0 Å². The average Bonchev–Trinajstić information content (AvgIpc) is 3.06. The molecule has 0 bridgehead atoms. The van der Waals surface area contributed by atoms with E-state index in [9.17, 15) is 4.39 Å². The van der Waals surface area contributed by atoms with Gasteiger partial charge in [-0.15, -0.1) is 0 Å². The quantitative estimate of drug-likeness (QED) is 0.823. The topological polar surface area (TPSA) is 45.9 Å². The van der Waals surface area contributed by atoms with E-state index in [2.05, 4.69) is 11.1 Å². The highest BCUT2D eigenvalue weighted by Crippen LogP contribution is 2.42. The van der Waals surface area contributed by atoms with Crippen LogP contribution in [0.4, 0.5) is 4.39 Å². The van der Waals surface area contributed by atoms with Gasteiger partial charge in [0.1, 0.15) is 5.60 Å². The summed E-state index contributed by atoms with van der Waals surface area (Å²) in [6.07, 6.45) is 3.24. The third-order valence-corrected chi connectivity index (χ3v) is 2.81. The molecule has 1 aromatic heterocycles. The molecule has 1 heterocycles. The van der Waals surface area contributed by atoms with Crippen molar-refractivity contribution < 1.29 is 9.13 Å². The van der Waals surface area contributed by atoms with Gasteiger partial charge in [0.15, 0.2) is 11.6 Å². The van der Waals surface area contributed by atoms with Gasteiger partial charge in [0.25, 0.3) is 0 Å². The lowest BCUT2D eigenvalue weighted by atomic mass is 10.0. The molecule has 0 amide bonds. The summed E-state index contributed by atoms with van der Waals surface area (Å²) in [5, 5.41) is 9.16. The number of hydrogen-bond acceptors (Lipinski definition) is 3. The molecule has 4 heteroatoms. The Morgan fingerprint density at radius 1 is 1.50 bits per heavy atom. The van der Waals surface area contributed by atoms with Gasteiger partial charge < -0.3 is 4.74 Å². The van der Waals surface area contributed by atoms with Crippen LogP contribution in [-0.4, -0.2) is 10.6 Å². The van der Waals surface area contributed by atoms with Crippen LogP contribution in [-0.2, 0) is 0 Å². The van der Waals surface area contributed by atoms with Crippen LogP contribution in [0.3, 0.4) is 0 Å². The first kappa shape index (κ1) is 12.8. The maximum Gasteiger partial charge on any atom is 0.183 e. The monoisotopic (exact) mass is 248 g/mol. The second kappa shape index (κ2) is 4.56. The first-order chi connectivity index (χ1) is 8.40. The number of rotatable bonds is 3. The normalized spacial score (nSPS) is 17.1. The molecule has 96 valence electrons. The summed E-state index contributed by atoms with van der Waals surface area (Å²) in [6.45, 7) is 5.57. The van der Waals surface area contributed by atoms with Gasteiger partial charge in [-0.25, -0.2) is 4.39 Å². The second-order valence-electron chi connectivity index (χ2n) is 5.70. The molecule has 18 heavy (non-hydrogen) atoms. The SMILES string of the molecule is CC(C)(C)Oc1cc(C(C#N)C2CC2)ncc1F. The van der Waals surface area contributed by atoms with Crippen molar-refractivity contribution in [3.05, 3.63) is 23.8 Å². The summed E-state index contributed by atoms with van der Waals surface area (Å²) in [4.78, 5) is 4.02. The first-order valence-corrected chi connectivity index (χ1v) is 6.15. The molecule has 1 saturated carbocycles. The Morgan fingerprint density at radius 2 is 2.17 bits per heavy atom. The van der Waals surface area contributed by atoms with Crippen LogP contribution < -0.4 is 4.74 Å². The highest BCUT2D eigenvalue weighted by molar-refractivity contribution is 5.31. The largest absolute Gasteiger partial charge is 0.485 e. The predicted molar refractivity (Wildman–Crippen MR) is 65.7 cm³/mol. The van der Waals surface area contributed by atoms with Crippen molar-refractivity contribution in [3.63, 3.8) is 0 Å². The molecule has 0 aromatic carbocycles. The summed E-state index contributed by atoms with van der Waals surface area (Å²) < 4.78 is 19.2. The first-order valence-electron chi connectivity index (χ1n) is 6.15. The van der Waals surface area contributed by atoms with E-state index in [4.69, 9.17) is 10.00 Å². The van der Waals surface area contributed by atoms with Gasteiger partial charge in [-0.2, -0.15) is 5.26 Å². The maximum absolute atomic E-state index is 13.6. The standard InChI is InChI=1S/C14H17FN2O/c1-14(2,3)18-13-6-12(17-8-11(13)15)10(7-16)9-4-5-9/h6,8-10H,4-5H2,1-3H3. The number of nitriles is 1. The van der Waals surface area contributed by atoms with E-state index >= 15 is 0 Å². The number of pyridine rings is 1. The van der Waals surface area contributed by atoms with Gasteiger partial charge in [0.05, 0.1) is 23.9 Å². The fraction of sp³-hybridized carbons (Fsp3) is 0.571. The van der Waals surface area contributed by atoms with Crippen molar-refractivity contribution >= 4 is 0 Å². The zero-order valence-electron chi connectivity index (χ0n) is 10.9. The highest BCUT2D eigenvalue weighted by Gasteiger charge is 2.34. The van der Waals surface area contributed by atoms with Crippen molar-refractivity contribution in [1.29, 1.82) is 5.26 Å². The Bertz CT molecular complexity index is 484. The lowest BCUT2D eigenvalue weighted by Crippen LogP contribution is -2.23. The van der Waals surface area contributed by atoms with Crippen LogP contribution in [0.1, 0.15) is 45.2 Å². The van der Waals surface area contributed by atoms with Crippen molar-refractivity contribution in [2.24, 2.45) is 5.92 Å². The molecule has 1 aliphatic carbocycles. The van der Waals surface area contributed by atoms with Crippen molar-refractivity contribution in [2.75, 3.05) is 0 Å². The van der Waals surface area contributed by atoms with Crippen molar-refractivity contribution in [2.45, 2.75) is 45.1 Å². The van der Waals surface area contributed by atoms with Gasteiger partial charge in [-0.1, -0.05) is 0 Å². The average molecular weight is 248 g/mol. The maximum atomic E-state index is 13.6. The molecule has 1 fully saturated rings. The third-order valence-electron chi connectivity index (χ3n) is 2.81. The molecule has 1 aromatic rings. The van der Waals surface area contributed by atoms with Gasteiger partial charge >= 0.3 is 0 Å². The predicted octanol–water partition coefficient (Wildman–Crippen LogP) is 3.42. The molecule has 3 nitrogen and oxygen atoms in total. The fourth-order valence-corrected chi connectivity index (χ4v) is 1.86. The van der Waals surface area contributed by atoms with Gasteiger partial charge in [-0.05, 0) is 39.5 Å². The van der Waals surface area contributed by atoms with E-state index in [0.29, 0.717) is 11.6 Å². The van der Waals surface area contributed by atoms with Crippen LogP contribution in [0, 0.1) is 23.1 Å². The minimum absolute atomic E-state index is 0.174. The van der Waals surface area contributed by atoms with Crippen molar-refractivity contribution in [1.82, 2.24) is 4.98 Å².